The van der Waals surface area contributed by atoms with Crippen LogP contribution in [0.5, 0.6) is 0 Å². The van der Waals surface area contributed by atoms with Gasteiger partial charge in [-0.25, -0.2) is 0 Å². The second kappa shape index (κ2) is 4.41. The highest BCUT2D eigenvalue weighted by Gasteiger charge is 2.47. The average Bonchev–Trinajstić information content (AvgIpc) is 2.81. The molecule has 0 radical (unpaired) electrons. The molecule has 0 aromatic carbocycles. The number of amides is 1. The van der Waals surface area contributed by atoms with E-state index in [-0.39, 0.29) is 30.3 Å². The molecule has 0 heterocycles. The Labute approximate surface area is 82.8 Å². The third-order valence-electron chi connectivity index (χ3n) is 2.42. The maximum Gasteiger partial charge on any atom is 0.309 e. The summed E-state index contributed by atoms with van der Waals surface area (Å²) in [6.07, 6.45) is 0.855. The lowest BCUT2D eigenvalue weighted by Gasteiger charge is -2.07. The molecule has 3 unspecified atom stereocenters. The highest BCUT2D eigenvalue weighted by molar-refractivity contribution is 5.77. The zero-order valence-corrected chi connectivity index (χ0v) is 8.23. The Kier molecular flexibility index (Phi) is 3.46. The molecule has 0 aromatic rings. The van der Waals surface area contributed by atoms with E-state index in [0.29, 0.717) is 13.0 Å². The van der Waals surface area contributed by atoms with Crippen LogP contribution in [0.2, 0.25) is 0 Å². The van der Waals surface area contributed by atoms with E-state index in [1.165, 1.54) is 0 Å². The largest absolute Gasteiger partial charge is 0.466 e. The van der Waals surface area contributed by atoms with Gasteiger partial charge in [0.1, 0.15) is 0 Å². The van der Waals surface area contributed by atoms with Gasteiger partial charge in [-0.2, -0.15) is 0 Å². The maximum atomic E-state index is 11.2. The van der Waals surface area contributed by atoms with Gasteiger partial charge in [-0.3, -0.25) is 9.59 Å². The van der Waals surface area contributed by atoms with Gasteiger partial charge < -0.3 is 16.2 Å². The van der Waals surface area contributed by atoms with E-state index >= 15 is 0 Å². The summed E-state index contributed by atoms with van der Waals surface area (Å²) in [5.74, 6) is -0.685. The minimum absolute atomic E-state index is 0.0709. The molecule has 1 fully saturated rings. The minimum Gasteiger partial charge on any atom is -0.466 e. The van der Waals surface area contributed by atoms with Crippen molar-refractivity contribution in [2.45, 2.75) is 25.8 Å². The van der Waals surface area contributed by atoms with Crippen LogP contribution in [-0.2, 0) is 14.3 Å². The first kappa shape index (κ1) is 11.0. The molecule has 14 heavy (non-hydrogen) atoms. The van der Waals surface area contributed by atoms with Crippen LogP contribution < -0.4 is 11.5 Å². The van der Waals surface area contributed by atoms with Crippen LogP contribution in [0.25, 0.3) is 0 Å². The maximum absolute atomic E-state index is 11.2. The standard InChI is InChI=1S/C9H16N2O3/c1-2-14-9(13)6-3-5(6)7(10)4-8(11)12/h5-7H,2-4,10H2,1H3,(H2,11,12). The van der Waals surface area contributed by atoms with E-state index in [0.717, 1.165) is 0 Å². The van der Waals surface area contributed by atoms with Crippen LogP contribution in [0.1, 0.15) is 19.8 Å². The van der Waals surface area contributed by atoms with Crippen molar-refractivity contribution >= 4 is 11.9 Å². The van der Waals surface area contributed by atoms with Gasteiger partial charge in [0.15, 0.2) is 0 Å². The molecule has 0 aliphatic heterocycles. The van der Waals surface area contributed by atoms with Crippen LogP contribution in [0.15, 0.2) is 0 Å². The topological polar surface area (TPSA) is 95.4 Å². The second-order valence-corrected chi connectivity index (χ2v) is 3.59. The molecule has 1 rings (SSSR count). The third kappa shape index (κ3) is 2.70. The quantitative estimate of drug-likeness (QED) is 0.578. The molecule has 80 valence electrons. The number of rotatable bonds is 5. The molecule has 0 spiro atoms. The van der Waals surface area contributed by atoms with Gasteiger partial charge in [-0.15, -0.1) is 0 Å². The predicted octanol–water partition coefficient (Wildman–Crippen LogP) is -0.612. The van der Waals surface area contributed by atoms with Crippen LogP contribution in [0.3, 0.4) is 0 Å². The molecule has 1 saturated carbocycles. The normalized spacial score (nSPS) is 26.7. The predicted molar refractivity (Wildman–Crippen MR) is 50.0 cm³/mol. The fourth-order valence-corrected chi connectivity index (χ4v) is 1.59. The fourth-order valence-electron chi connectivity index (χ4n) is 1.59. The van der Waals surface area contributed by atoms with Gasteiger partial charge in [-0.1, -0.05) is 0 Å². The Hall–Kier alpha value is -1.10. The first-order valence-electron chi connectivity index (χ1n) is 4.76. The molecule has 5 heteroatoms. The molecule has 5 nitrogen and oxygen atoms in total. The molecule has 1 amide bonds. The van der Waals surface area contributed by atoms with E-state index in [1.807, 2.05) is 0 Å². The Morgan fingerprint density at radius 3 is 2.71 bits per heavy atom. The van der Waals surface area contributed by atoms with Crippen molar-refractivity contribution in [1.82, 2.24) is 0 Å². The average molecular weight is 200 g/mol. The van der Waals surface area contributed by atoms with Gasteiger partial charge in [-0.05, 0) is 19.3 Å². The van der Waals surface area contributed by atoms with Gasteiger partial charge >= 0.3 is 5.97 Å². The smallest absolute Gasteiger partial charge is 0.309 e. The molecule has 3 atom stereocenters. The van der Waals surface area contributed by atoms with Crippen molar-refractivity contribution in [1.29, 1.82) is 0 Å². The van der Waals surface area contributed by atoms with Crippen LogP contribution in [-0.4, -0.2) is 24.5 Å². The first-order valence-corrected chi connectivity index (χ1v) is 4.76. The Bertz CT molecular complexity index is 242. The van der Waals surface area contributed by atoms with Gasteiger partial charge in [0.05, 0.1) is 12.5 Å². The summed E-state index contributed by atoms with van der Waals surface area (Å²) in [5, 5.41) is 0. The van der Waals surface area contributed by atoms with Crippen molar-refractivity contribution in [3.8, 4) is 0 Å². The van der Waals surface area contributed by atoms with Crippen LogP contribution >= 0.6 is 0 Å². The Balaban J connectivity index is 2.31. The zero-order valence-electron chi connectivity index (χ0n) is 8.23. The number of primary amides is 1. The molecule has 0 saturated heterocycles. The number of ether oxygens (including phenoxy) is 1. The summed E-state index contributed by atoms with van der Waals surface area (Å²) in [6, 6.07) is -0.304. The second-order valence-electron chi connectivity index (χ2n) is 3.59. The molecular formula is C9H16N2O3. The van der Waals surface area contributed by atoms with Crippen molar-refractivity contribution < 1.29 is 14.3 Å². The summed E-state index contributed by atoms with van der Waals surface area (Å²) in [7, 11) is 0. The number of esters is 1. The monoisotopic (exact) mass is 200 g/mol. The Morgan fingerprint density at radius 1 is 1.57 bits per heavy atom. The van der Waals surface area contributed by atoms with E-state index in [1.54, 1.807) is 6.92 Å². The zero-order chi connectivity index (χ0) is 10.7. The van der Waals surface area contributed by atoms with E-state index in [2.05, 4.69) is 0 Å². The lowest BCUT2D eigenvalue weighted by Crippen LogP contribution is -2.30. The summed E-state index contributed by atoms with van der Waals surface area (Å²) in [4.78, 5) is 21.8. The summed E-state index contributed by atoms with van der Waals surface area (Å²) >= 11 is 0. The number of carbonyl (C=O) groups excluding carboxylic acids is 2. The molecule has 1 aliphatic rings. The number of nitrogens with two attached hydrogens (primary N) is 2. The van der Waals surface area contributed by atoms with E-state index in [9.17, 15) is 9.59 Å². The fraction of sp³-hybridized carbons (Fsp3) is 0.778. The van der Waals surface area contributed by atoms with Gasteiger partial charge in [0, 0.05) is 12.5 Å². The molecule has 0 aromatic heterocycles. The third-order valence-corrected chi connectivity index (χ3v) is 2.42. The van der Waals surface area contributed by atoms with E-state index < -0.39 is 5.91 Å². The SMILES string of the molecule is CCOC(=O)C1CC1C(N)CC(N)=O. The Morgan fingerprint density at radius 2 is 2.21 bits per heavy atom. The van der Waals surface area contributed by atoms with E-state index in [4.69, 9.17) is 16.2 Å². The van der Waals surface area contributed by atoms with Crippen molar-refractivity contribution in [3.63, 3.8) is 0 Å². The number of carbonyl (C=O) groups is 2. The summed E-state index contributed by atoms with van der Waals surface area (Å²) in [5.41, 5.74) is 10.7. The van der Waals surface area contributed by atoms with Crippen LogP contribution in [0, 0.1) is 11.8 Å². The molecule has 4 N–H and O–H groups in total. The number of hydrogen-bond acceptors (Lipinski definition) is 4. The molecule has 0 bridgehead atoms. The lowest BCUT2D eigenvalue weighted by molar-refractivity contribution is -0.145. The first-order chi connectivity index (χ1) is 6.56. The van der Waals surface area contributed by atoms with Gasteiger partial charge in [0.2, 0.25) is 5.91 Å². The highest BCUT2D eigenvalue weighted by Crippen LogP contribution is 2.42. The van der Waals surface area contributed by atoms with Crippen molar-refractivity contribution in [3.05, 3.63) is 0 Å². The highest BCUT2D eigenvalue weighted by atomic mass is 16.5. The summed E-state index contributed by atoms with van der Waals surface area (Å²) < 4.78 is 4.84. The molecule has 1 aliphatic carbocycles. The van der Waals surface area contributed by atoms with Crippen molar-refractivity contribution in [2.24, 2.45) is 23.3 Å². The van der Waals surface area contributed by atoms with Crippen LogP contribution in [0.4, 0.5) is 0 Å². The van der Waals surface area contributed by atoms with Crippen molar-refractivity contribution in [2.75, 3.05) is 6.61 Å². The number of hydrogen-bond donors (Lipinski definition) is 2. The lowest BCUT2D eigenvalue weighted by atomic mass is 10.1. The van der Waals surface area contributed by atoms with Gasteiger partial charge in [0.25, 0.3) is 0 Å². The molecular weight excluding hydrogens is 184 g/mol. The summed E-state index contributed by atoms with van der Waals surface area (Å²) in [6.45, 7) is 2.14. The minimum atomic E-state index is -0.424.